The Bertz CT molecular complexity index is 760. The van der Waals surface area contributed by atoms with Crippen LogP contribution in [0.1, 0.15) is 29.0 Å². The minimum atomic E-state index is 0.479. The molecule has 0 N–H and O–H groups in total. The molecule has 2 aromatic heterocycles. The Labute approximate surface area is 121 Å². The highest BCUT2D eigenvalue weighted by atomic mass is 16.5. The molecular formula is C15H14N4O2. The zero-order valence-electron chi connectivity index (χ0n) is 11.6. The lowest BCUT2D eigenvalue weighted by Gasteiger charge is -2.01. The largest absolute Gasteiger partial charge is 0.337 e. The summed E-state index contributed by atoms with van der Waals surface area (Å²) in [4.78, 5) is 19.4. The van der Waals surface area contributed by atoms with E-state index in [0.29, 0.717) is 23.8 Å². The molecule has 2 heterocycles. The first-order valence-corrected chi connectivity index (χ1v) is 6.68. The van der Waals surface area contributed by atoms with Crippen molar-refractivity contribution in [1.82, 2.24) is 19.7 Å². The van der Waals surface area contributed by atoms with Crippen LogP contribution in [0.15, 0.2) is 41.2 Å². The maximum Gasteiger partial charge on any atom is 0.246 e. The Hall–Kier alpha value is -2.76. The van der Waals surface area contributed by atoms with Crippen LogP contribution >= 0.6 is 0 Å². The molecule has 6 nitrogen and oxygen atoms in total. The van der Waals surface area contributed by atoms with Gasteiger partial charge in [0, 0.05) is 29.9 Å². The highest BCUT2D eigenvalue weighted by molar-refractivity contribution is 5.77. The molecular weight excluding hydrogens is 268 g/mol. The minimum absolute atomic E-state index is 0.479. The van der Waals surface area contributed by atoms with Crippen molar-refractivity contribution in [3.8, 4) is 11.4 Å². The average Bonchev–Trinajstić information content (AvgIpc) is 3.17. The summed E-state index contributed by atoms with van der Waals surface area (Å²) >= 11 is 0. The van der Waals surface area contributed by atoms with Crippen molar-refractivity contribution >= 4 is 6.29 Å². The Morgan fingerprint density at radius 2 is 2.29 bits per heavy atom. The average molecular weight is 282 g/mol. The summed E-state index contributed by atoms with van der Waals surface area (Å²) < 4.78 is 7.24. The monoisotopic (exact) mass is 282 g/mol. The molecule has 0 saturated carbocycles. The Kier molecular flexibility index (Phi) is 3.59. The molecule has 0 aliphatic heterocycles. The van der Waals surface area contributed by atoms with Crippen LogP contribution in [-0.2, 0) is 13.0 Å². The van der Waals surface area contributed by atoms with Crippen molar-refractivity contribution in [2.45, 2.75) is 19.9 Å². The third-order valence-corrected chi connectivity index (χ3v) is 3.17. The zero-order chi connectivity index (χ0) is 14.7. The molecule has 0 saturated heterocycles. The molecule has 0 spiro atoms. The number of aldehydes is 1. The molecule has 0 amide bonds. The molecule has 1 aromatic carbocycles. The third kappa shape index (κ3) is 2.74. The van der Waals surface area contributed by atoms with Crippen molar-refractivity contribution in [2.75, 3.05) is 0 Å². The molecule has 106 valence electrons. The van der Waals surface area contributed by atoms with E-state index in [1.54, 1.807) is 24.4 Å². The summed E-state index contributed by atoms with van der Waals surface area (Å²) in [5.74, 6) is 1.96. The lowest BCUT2D eigenvalue weighted by molar-refractivity contribution is 0.112. The second-order valence-corrected chi connectivity index (χ2v) is 4.58. The van der Waals surface area contributed by atoms with Crippen LogP contribution in [0.2, 0.25) is 0 Å². The summed E-state index contributed by atoms with van der Waals surface area (Å²) in [6.07, 6.45) is 5.28. The fourth-order valence-corrected chi connectivity index (χ4v) is 2.13. The van der Waals surface area contributed by atoms with Crippen LogP contribution < -0.4 is 0 Å². The molecule has 0 aliphatic carbocycles. The first-order chi connectivity index (χ1) is 10.3. The molecule has 0 bridgehead atoms. The molecule has 0 atom stereocenters. The summed E-state index contributed by atoms with van der Waals surface area (Å²) in [6, 6.07) is 7.10. The normalized spacial score (nSPS) is 10.7. The van der Waals surface area contributed by atoms with E-state index in [1.807, 2.05) is 23.8 Å². The number of aryl methyl sites for hydroxylation is 1. The van der Waals surface area contributed by atoms with Gasteiger partial charge < -0.3 is 9.09 Å². The van der Waals surface area contributed by atoms with Gasteiger partial charge in [0.25, 0.3) is 0 Å². The molecule has 0 unspecified atom stereocenters. The number of benzene rings is 1. The number of aromatic nitrogens is 4. The molecule has 21 heavy (non-hydrogen) atoms. The van der Waals surface area contributed by atoms with Crippen LogP contribution in [0.4, 0.5) is 0 Å². The van der Waals surface area contributed by atoms with Gasteiger partial charge >= 0.3 is 0 Å². The number of rotatable bonds is 5. The fraction of sp³-hybridized carbons (Fsp3) is 0.200. The van der Waals surface area contributed by atoms with Gasteiger partial charge in [-0.05, 0) is 6.07 Å². The van der Waals surface area contributed by atoms with E-state index in [-0.39, 0.29) is 0 Å². The second kappa shape index (κ2) is 5.70. The zero-order valence-corrected chi connectivity index (χ0v) is 11.6. The SMILES string of the molecule is CCc1nccn1Cc1nc(-c2cccc(C=O)c2)no1. The minimum Gasteiger partial charge on any atom is -0.337 e. The van der Waals surface area contributed by atoms with Gasteiger partial charge in [-0.1, -0.05) is 30.3 Å². The van der Waals surface area contributed by atoms with E-state index >= 15 is 0 Å². The van der Waals surface area contributed by atoms with Gasteiger partial charge in [0.2, 0.25) is 11.7 Å². The topological polar surface area (TPSA) is 73.8 Å². The highest BCUT2D eigenvalue weighted by Gasteiger charge is 2.11. The van der Waals surface area contributed by atoms with E-state index in [4.69, 9.17) is 4.52 Å². The molecule has 0 radical (unpaired) electrons. The Morgan fingerprint density at radius 1 is 1.38 bits per heavy atom. The van der Waals surface area contributed by atoms with E-state index in [9.17, 15) is 4.79 Å². The second-order valence-electron chi connectivity index (χ2n) is 4.58. The van der Waals surface area contributed by atoms with Crippen molar-refractivity contribution < 1.29 is 9.32 Å². The van der Waals surface area contributed by atoms with E-state index in [2.05, 4.69) is 15.1 Å². The van der Waals surface area contributed by atoms with Crippen molar-refractivity contribution in [3.63, 3.8) is 0 Å². The Balaban J connectivity index is 1.84. The van der Waals surface area contributed by atoms with Crippen LogP contribution in [0.25, 0.3) is 11.4 Å². The van der Waals surface area contributed by atoms with Crippen LogP contribution in [-0.4, -0.2) is 26.0 Å². The van der Waals surface area contributed by atoms with Crippen molar-refractivity contribution in [1.29, 1.82) is 0 Å². The predicted molar refractivity (Wildman–Crippen MR) is 75.8 cm³/mol. The molecule has 3 rings (SSSR count). The summed E-state index contributed by atoms with van der Waals surface area (Å²) in [6.45, 7) is 2.53. The van der Waals surface area contributed by atoms with Gasteiger partial charge in [-0.25, -0.2) is 4.98 Å². The number of nitrogens with zero attached hydrogens (tertiary/aromatic N) is 4. The number of carbonyl (C=O) groups is 1. The first-order valence-electron chi connectivity index (χ1n) is 6.68. The molecule has 0 fully saturated rings. The number of hydrogen-bond donors (Lipinski definition) is 0. The standard InChI is InChI=1S/C15H14N4O2/c1-2-13-16-6-7-19(13)9-14-17-15(18-21-14)12-5-3-4-11(8-12)10-20/h3-8,10H,2,9H2,1H3. The predicted octanol–water partition coefficient (Wildman–Crippen LogP) is 2.36. The van der Waals surface area contributed by atoms with Crippen LogP contribution in [0.5, 0.6) is 0 Å². The first kappa shape index (κ1) is 13.2. The van der Waals surface area contributed by atoms with E-state index in [0.717, 1.165) is 24.1 Å². The Morgan fingerprint density at radius 3 is 3.10 bits per heavy atom. The summed E-state index contributed by atoms with van der Waals surface area (Å²) in [5, 5.41) is 3.96. The van der Waals surface area contributed by atoms with Gasteiger partial charge in [0.05, 0.1) is 0 Å². The summed E-state index contributed by atoms with van der Waals surface area (Å²) in [5.41, 5.74) is 1.35. The van der Waals surface area contributed by atoms with Gasteiger partial charge in [0.1, 0.15) is 18.7 Å². The van der Waals surface area contributed by atoms with E-state index < -0.39 is 0 Å². The summed E-state index contributed by atoms with van der Waals surface area (Å²) in [7, 11) is 0. The molecule has 6 heteroatoms. The van der Waals surface area contributed by atoms with Crippen molar-refractivity contribution in [3.05, 3.63) is 53.9 Å². The van der Waals surface area contributed by atoms with Crippen molar-refractivity contribution in [2.24, 2.45) is 0 Å². The highest BCUT2D eigenvalue weighted by Crippen LogP contribution is 2.17. The number of imidazole rings is 1. The quantitative estimate of drug-likeness (QED) is 0.671. The third-order valence-electron chi connectivity index (χ3n) is 3.17. The molecule has 0 aliphatic rings. The smallest absolute Gasteiger partial charge is 0.246 e. The lowest BCUT2D eigenvalue weighted by atomic mass is 10.1. The van der Waals surface area contributed by atoms with Gasteiger partial charge in [-0.2, -0.15) is 4.98 Å². The van der Waals surface area contributed by atoms with Crippen LogP contribution in [0, 0.1) is 0 Å². The number of hydrogen-bond acceptors (Lipinski definition) is 5. The van der Waals surface area contributed by atoms with Gasteiger partial charge in [-0.3, -0.25) is 4.79 Å². The van der Waals surface area contributed by atoms with Gasteiger partial charge in [-0.15, -0.1) is 0 Å². The number of carbonyl (C=O) groups excluding carboxylic acids is 1. The van der Waals surface area contributed by atoms with Crippen LogP contribution in [0.3, 0.4) is 0 Å². The maximum atomic E-state index is 10.8. The fourth-order valence-electron chi connectivity index (χ4n) is 2.13. The molecule has 3 aromatic rings. The van der Waals surface area contributed by atoms with E-state index in [1.165, 1.54) is 0 Å². The lowest BCUT2D eigenvalue weighted by Crippen LogP contribution is -2.03. The maximum absolute atomic E-state index is 10.8. The van der Waals surface area contributed by atoms with Gasteiger partial charge in [0.15, 0.2) is 0 Å².